The molecule has 0 amide bonds. The Hall–Kier alpha value is -2.36. The number of hydrogen-bond acceptors (Lipinski definition) is 0. The molecule has 3 rings (SSSR count). The minimum atomic E-state index is -0.571. The molecule has 0 saturated carbocycles. The Bertz CT molecular complexity index is 603. The molecule has 3 aromatic rings. The van der Waals surface area contributed by atoms with Gasteiger partial charge >= 0.3 is 0 Å². The average Bonchev–Trinajstić information content (AvgIpc) is 3.01. The first kappa shape index (κ1) is 11.7. The Morgan fingerprint density at radius 3 is 1.74 bits per heavy atom. The number of aromatic nitrogens is 2. The van der Waals surface area contributed by atoms with E-state index in [2.05, 4.69) is 9.97 Å². The van der Waals surface area contributed by atoms with Gasteiger partial charge in [-0.1, -0.05) is 0 Å². The van der Waals surface area contributed by atoms with Crippen molar-refractivity contribution >= 4 is 0 Å². The Morgan fingerprint density at radius 2 is 1.32 bits per heavy atom. The third-order valence-corrected chi connectivity index (χ3v) is 3.08. The zero-order valence-electron chi connectivity index (χ0n) is 10.0. The van der Waals surface area contributed by atoms with Crippen LogP contribution in [-0.2, 0) is 0 Å². The molecule has 2 aromatic heterocycles. The zero-order valence-corrected chi connectivity index (χ0v) is 10.0. The molecule has 2 N–H and O–H groups in total. The summed E-state index contributed by atoms with van der Waals surface area (Å²) >= 11 is 0. The van der Waals surface area contributed by atoms with E-state index in [0.717, 1.165) is 17.5 Å². The highest BCUT2D eigenvalue weighted by atomic mass is 19.1. The van der Waals surface area contributed by atoms with Gasteiger partial charge in [0, 0.05) is 29.8 Å². The third-order valence-electron chi connectivity index (χ3n) is 3.08. The molecule has 0 aliphatic rings. The quantitative estimate of drug-likeness (QED) is 0.716. The van der Waals surface area contributed by atoms with Crippen molar-refractivity contribution in [2.24, 2.45) is 0 Å². The first-order valence-corrected chi connectivity index (χ1v) is 5.96. The van der Waals surface area contributed by atoms with E-state index in [-0.39, 0.29) is 5.92 Å². The molecule has 4 heteroatoms. The molecule has 2 nitrogen and oxygen atoms in total. The molecule has 0 saturated heterocycles. The summed E-state index contributed by atoms with van der Waals surface area (Å²) in [5.74, 6) is -1.38. The van der Waals surface area contributed by atoms with Crippen LogP contribution in [0, 0.1) is 11.6 Å². The predicted octanol–water partition coefficient (Wildman–Crippen LogP) is 3.80. The van der Waals surface area contributed by atoms with Gasteiger partial charge in [-0.05, 0) is 42.0 Å². The maximum absolute atomic E-state index is 13.4. The predicted molar refractivity (Wildman–Crippen MR) is 68.9 cm³/mol. The monoisotopic (exact) mass is 258 g/mol. The Balaban J connectivity index is 2.14. The van der Waals surface area contributed by atoms with Gasteiger partial charge in [0.1, 0.15) is 11.6 Å². The molecular weight excluding hydrogens is 246 g/mol. The van der Waals surface area contributed by atoms with E-state index in [1.54, 1.807) is 12.4 Å². The summed E-state index contributed by atoms with van der Waals surface area (Å²) in [6.45, 7) is 0. The van der Waals surface area contributed by atoms with Crippen LogP contribution in [-0.4, -0.2) is 9.97 Å². The van der Waals surface area contributed by atoms with Crippen LogP contribution in [0.25, 0.3) is 0 Å². The second-order valence-electron chi connectivity index (χ2n) is 4.39. The molecular formula is C15H12F2N2. The molecule has 0 unspecified atom stereocenters. The van der Waals surface area contributed by atoms with E-state index in [1.165, 1.54) is 12.1 Å². The van der Waals surface area contributed by atoms with Crippen molar-refractivity contribution in [3.05, 3.63) is 83.4 Å². The third kappa shape index (κ3) is 2.29. The summed E-state index contributed by atoms with van der Waals surface area (Å²) in [6.07, 6.45) is 3.59. The molecule has 1 aromatic carbocycles. The standard InChI is InChI=1S/C15H12F2N2/c16-11-7-10(8-12(17)9-11)15(13-3-1-5-18-13)14-4-2-6-19-14/h1-9,15,18-19H. The fourth-order valence-electron chi connectivity index (χ4n) is 2.32. The van der Waals surface area contributed by atoms with Crippen molar-refractivity contribution < 1.29 is 8.78 Å². The van der Waals surface area contributed by atoms with Gasteiger partial charge in [-0.2, -0.15) is 0 Å². The van der Waals surface area contributed by atoms with E-state index >= 15 is 0 Å². The van der Waals surface area contributed by atoms with E-state index < -0.39 is 11.6 Å². The normalized spacial score (nSPS) is 11.1. The Morgan fingerprint density at radius 1 is 0.789 bits per heavy atom. The van der Waals surface area contributed by atoms with E-state index in [0.29, 0.717) is 5.56 Å². The molecule has 0 radical (unpaired) electrons. The topological polar surface area (TPSA) is 31.6 Å². The maximum Gasteiger partial charge on any atom is 0.126 e. The SMILES string of the molecule is Fc1cc(F)cc(C(c2ccc[nH]2)c2ccc[nH]2)c1. The first-order valence-electron chi connectivity index (χ1n) is 5.96. The van der Waals surface area contributed by atoms with Crippen molar-refractivity contribution in [1.29, 1.82) is 0 Å². The van der Waals surface area contributed by atoms with Crippen LogP contribution >= 0.6 is 0 Å². The van der Waals surface area contributed by atoms with Crippen molar-refractivity contribution in [2.45, 2.75) is 5.92 Å². The van der Waals surface area contributed by atoms with E-state index in [9.17, 15) is 8.78 Å². The number of rotatable bonds is 3. The molecule has 96 valence electrons. The number of nitrogens with one attached hydrogen (secondary N) is 2. The summed E-state index contributed by atoms with van der Waals surface area (Å²) in [5.41, 5.74) is 2.34. The van der Waals surface area contributed by atoms with Gasteiger partial charge in [-0.15, -0.1) is 0 Å². The molecule has 0 aliphatic heterocycles. The first-order chi connectivity index (χ1) is 9.24. The minimum absolute atomic E-state index is 0.241. The van der Waals surface area contributed by atoms with Crippen LogP contribution in [0.4, 0.5) is 8.78 Å². The summed E-state index contributed by atoms with van der Waals surface area (Å²) < 4.78 is 26.8. The number of aromatic amines is 2. The lowest BCUT2D eigenvalue weighted by atomic mass is 9.92. The number of H-pyrrole nitrogens is 2. The number of benzene rings is 1. The van der Waals surface area contributed by atoms with Gasteiger partial charge in [-0.25, -0.2) is 8.78 Å². The average molecular weight is 258 g/mol. The van der Waals surface area contributed by atoms with Crippen LogP contribution in [0.2, 0.25) is 0 Å². The molecule has 19 heavy (non-hydrogen) atoms. The van der Waals surface area contributed by atoms with Crippen LogP contribution in [0.5, 0.6) is 0 Å². The fraction of sp³-hybridized carbons (Fsp3) is 0.0667. The lowest BCUT2D eigenvalue weighted by molar-refractivity contribution is 0.578. The lowest BCUT2D eigenvalue weighted by Crippen LogP contribution is -2.05. The van der Waals surface area contributed by atoms with Crippen molar-refractivity contribution in [1.82, 2.24) is 9.97 Å². The Labute approximate surface area is 109 Å². The molecule has 0 fully saturated rings. The summed E-state index contributed by atoms with van der Waals surface area (Å²) in [5, 5.41) is 0. The lowest BCUT2D eigenvalue weighted by Gasteiger charge is -2.15. The maximum atomic E-state index is 13.4. The Kier molecular flexibility index (Phi) is 2.91. The second-order valence-corrected chi connectivity index (χ2v) is 4.39. The van der Waals surface area contributed by atoms with Gasteiger partial charge in [0.05, 0.1) is 5.92 Å². The number of halogens is 2. The van der Waals surface area contributed by atoms with E-state index in [4.69, 9.17) is 0 Å². The molecule has 0 atom stereocenters. The van der Waals surface area contributed by atoms with Crippen molar-refractivity contribution in [3.8, 4) is 0 Å². The summed E-state index contributed by atoms with van der Waals surface area (Å²) in [4.78, 5) is 6.20. The molecule has 0 bridgehead atoms. The van der Waals surface area contributed by atoms with E-state index in [1.807, 2.05) is 24.3 Å². The van der Waals surface area contributed by atoms with Crippen LogP contribution in [0.3, 0.4) is 0 Å². The van der Waals surface area contributed by atoms with Gasteiger partial charge in [-0.3, -0.25) is 0 Å². The van der Waals surface area contributed by atoms with Crippen molar-refractivity contribution in [3.63, 3.8) is 0 Å². The van der Waals surface area contributed by atoms with Gasteiger partial charge < -0.3 is 9.97 Å². The van der Waals surface area contributed by atoms with Gasteiger partial charge in [0.2, 0.25) is 0 Å². The summed E-state index contributed by atoms with van der Waals surface area (Å²) in [6, 6.07) is 11.1. The van der Waals surface area contributed by atoms with Gasteiger partial charge in [0.25, 0.3) is 0 Å². The highest BCUT2D eigenvalue weighted by Crippen LogP contribution is 2.30. The second kappa shape index (κ2) is 4.72. The van der Waals surface area contributed by atoms with Crippen LogP contribution in [0.1, 0.15) is 22.9 Å². The number of hydrogen-bond donors (Lipinski definition) is 2. The largest absolute Gasteiger partial charge is 0.364 e. The summed E-state index contributed by atoms with van der Waals surface area (Å²) in [7, 11) is 0. The fourth-order valence-corrected chi connectivity index (χ4v) is 2.32. The van der Waals surface area contributed by atoms with Crippen LogP contribution in [0.15, 0.2) is 54.9 Å². The van der Waals surface area contributed by atoms with Crippen LogP contribution < -0.4 is 0 Å². The molecule has 0 aliphatic carbocycles. The highest BCUT2D eigenvalue weighted by molar-refractivity contribution is 5.38. The smallest absolute Gasteiger partial charge is 0.126 e. The molecule has 2 heterocycles. The highest BCUT2D eigenvalue weighted by Gasteiger charge is 2.19. The molecule has 0 spiro atoms. The zero-order chi connectivity index (χ0) is 13.2. The van der Waals surface area contributed by atoms with Crippen molar-refractivity contribution in [2.75, 3.05) is 0 Å². The van der Waals surface area contributed by atoms with Gasteiger partial charge in [0.15, 0.2) is 0 Å². The minimum Gasteiger partial charge on any atom is -0.364 e.